The van der Waals surface area contributed by atoms with E-state index in [2.05, 4.69) is 0 Å². The fourth-order valence-corrected chi connectivity index (χ4v) is 2.92. The van der Waals surface area contributed by atoms with E-state index < -0.39 is 11.7 Å². The molecule has 0 radical (unpaired) electrons. The molecule has 2 aromatic rings. The molecule has 2 aromatic carbocycles. The molecule has 0 heterocycles. The van der Waals surface area contributed by atoms with Gasteiger partial charge in [0.1, 0.15) is 0 Å². The second kappa shape index (κ2) is 6.35. The molecular weight excluding hydrogens is 297 g/mol. The number of hydrogen-bond donors (Lipinski definition) is 0. The van der Waals surface area contributed by atoms with Crippen LogP contribution in [0.1, 0.15) is 27.0 Å². The topological polar surface area (TPSA) is 17.1 Å². The molecule has 0 bridgehead atoms. The van der Waals surface area contributed by atoms with Crippen LogP contribution in [0.2, 0.25) is 0 Å². The summed E-state index contributed by atoms with van der Waals surface area (Å²) in [7, 11) is 0. The molecule has 0 atom stereocenters. The maximum absolute atomic E-state index is 12.9. The highest BCUT2D eigenvalue weighted by molar-refractivity contribution is 7.98. The standard InChI is InChI=1S/C16H13F3OS/c1-11-4-2-3-5-13(11)10-21-14-7-6-12(9-20)15(8-14)16(17,18)19/h2-9H,10H2,1H3. The number of benzene rings is 2. The SMILES string of the molecule is Cc1ccccc1CSc1ccc(C=O)c(C(F)(F)F)c1. The van der Waals surface area contributed by atoms with Crippen LogP contribution in [0.25, 0.3) is 0 Å². The van der Waals surface area contributed by atoms with Gasteiger partial charge in [0.05, 0.1) is 5.56 Å². The van der Waals surface area contributed by atoms with Gasteiger partial charge < -0.3 is 0 Å². The minimum Gasteiger partial charge on any atom is -0.298 e. The smallest absolute Gasteiger partial charge is 0.298 e. The van der Waals surface area contributed by atoms with Crippen LogP contribution >= 0.6 is 11.8 Å². The number of alkyl halides is 3. The van der Waals surface area contributed by atoms with Crippen molar-refractivity contribution in [3.8, 4) is 0 Å². The summed E-state index contributed by atoms with van der Waals surface area (Å²) >= 11 is 1.32. The molecule has 0 amide bonds. The van der Waals surface area contributed by atoms with Gasteiger partial charge in [-0.05, 0) is 36.2 Å². The van der Waals surface area contributed by atoms with E-state index in [1.165, 1.54) is 17.8 Å². The normalized spacial score (nSPS) is 11.4. The molecule has 0 aliphatic heterocycles. The molecule has 5 heteroatoms. The Kier molecular flexibility index (Phi) is 4.73. The van der Waals surface area contributed by atoms with E-state index in [1.807, 2.05) is 31.2 Å². The summed E-state index contributed by atoms with van der Waals surface area (Å²) < 4.78 is 38.6. The van der Waals surface area contributed by atoms with Crippen molar-refractivity contribution < 1.29 is 18.0 Å². The van der Waals surface area contributed by atoms with Crippen molar-refractivity contribution in [3.63, 3.8) is 0 Å². The number of carbonyl (C=O) groups is 1. The van der Waals surface area contributed by atoms with E-state index in [4.69, 9.17) is 0 Å². The van der Waals surface area contributed by atoms with Crippen LogP contribution in [-0.2, 0) is 11.9 Å². The van der Waals surface area contributed by atoms with Crippen molar-refractivity contribution in [2.24, 2.45) is 0 Å². The number of halogens is 3. The predicted molar refractivity (Wildman–Crippen MR) is 77.6 cm³/mol. The van der Waals surface area contributed by atoms with E-state index in [0.717, 1.165) is 17.2 Å². The molecule has 0 aromatic heterocycles. The Bertz CT molecular complexity index is 650. The summed E-state index contributed by atoms with van der Waals surface area (Å²) in [6.07, 6.45) is -4.28. The van der Waals surface area contributed by atoms with Gasteiger partial charge in [-0.2, -0.15) is 13.2 Å². The molecule has 0 saturated carbocycles. The van der Waals surface area contributed by atoms with Gasteiger partial charge in [0.2, 0.25) is 0 Å². The lowest BCUT2D eigenvalue weighted by molar-refractivity contribution is -0.138. The number of aldehydes is 1. The summed E-state index contributed by atoms with van der Waals surface area (Å²) in [5.41, 5.74) is 0.969. The summed E-state index contributed by atoms with van der Waals surface area (Å²) in [5.74, 6) is 0.588. The second-order valence-corrected chi connectivity index (χ2v) is 5.63. The highest BCUT2D eigenvalue weighted by atomic mass is 32.2. The Labute approximate surface area is 125 Å². The van der Waals surface area contributed by atoms with E-state index in [9.17, 15) is 18.0 Å². The zero-order chi connectivity index (χ0) is 15.5. The van der Waals surface area contributed by atoms with Crippen LogP contribution in [-0.4, -0.2) is 6.29 Å². The lowest BCUT2D eigenvalue weighted by atomic mass is 10.1. The van der Waals surface area contributed by atoms with Crippen LogP contribution in [0, 0.1) is 6.92 Å². The highest BCUT2D eigenvalue weighted by Crippen LogP contribution is 2.35. The van der Waals surface area contributed by atoms with E-state index >= 15 is 0 Å². The number of rotatable bonds is 4. The molecule has 0 N–H and O–H groups in total. The summed E-state index contributed by atoms with van der Waals surface area (Å²) in [4.78, 5) is 11.2. The Morgan fingerprint density at radius 2 is 1.86 bits per heavy atom. The lowest BCUT2D eigenvalue weighted by Gasteiger charge is -2.11. The molecule has 0 spiro atoms. The Morgan fingerprint density at radius 3 is 2.48 bits per heavy atom. The van der Waals surface area contributed by atoms with E-state index in [-0.39, 0.29) is 11.8 Å². The molecule has 0 saturated heterocycles. The lowest BCUT2D eigenvalue weighted by Crippen LogP contribution is -2.08. The fraction of sp³-hybridized carbons (Fsp3) is 0.188. The molecule has 21 heavy (non-hydrogen) atoms. The van der Waals surface area contributed by atoms with Crippen LogP contribution in [0.3, 0.4) is 0 Å². The molecule has 110 valence electrons. The van der Waals surface area contributed by atoms with Gasteiger partial charge in [0.25, 0.3) is 0 Å². The van der Waals surface area contributed by atoms with Crippen LogP contribution < -0.4 is 0 Å². The highest BCUT2D eigenvalue weighted by Gasteiger charge is 2.33. The average Bonchev–Trinajstić information content (AvgIpc) is 2.45. The van der Waals surface area contributed by atoms with E-state index in [1.54, 1.807) is 6.07 Å². The van der Waals surface area contributed by atoms with Gasteiger partial charge in [0.15, 0.2) is 6.29 Å². The van der Waals surface area contributed by atoms with Crippen LogP contribution in [0.5, 0.6) is 0 Å². The molecule has 0 fully saturated rings. The van der Waals surface area contributed by atoms with Gasteiger partial charge in [-0.15, -0.1) is 11.8 Å². The first-order chi connectivity index (χ1) is 9.91. The maximum atomic E-state index is 12.9. The Hall–Kier alpha value is -1.75. The minimum absolute atomic E-state index is 0.235. The van der Waals surface area contributed by atoms with Gasteiger partial charge in [-0.1, -0.05) is 24.3 Å². The minimum atomic E-state index is -4.52. The molecule has 0 aliphatic carbocycles. The largest absolute Gasteiger partial charge is 0.417 e. The Balaban J connectivity index is 2.22. The summed E-state index contributed by atoms with van der Waals surface area (Å²) in [5, 5.41) is 0. The van der Waals surface area contributed by atoms with Crippen LogP contribution in [0.15, 0.2) is 47.4 Å². The van der Waals surface area contributed by atoms with Crippen molar-refractivity contribution in [2.75, 3.05) is 0 Å². The third-order valence-corrected chi connectivity index (χ3v) is 4.16. The quantitative estimate of drug-likeness (QED) is 0.576. The van der Waals surface area contributed by atoms with Gasteiger partial charge >= 0.3 is 6.18 Å². The van der Waals surface area contributed by atoms with Gasteiger partial charge in [-0.3, -0.25) is 4.79 Å². The maximum Gasteiger partial charge on any atom is 0.417 e. The molecule has 2 rings (SSSR count). The molecular formula is C16H13F3OS. The van der Waals surface area contributed by atoms with Crippen molar-refractivity contribution in [1.82, 2.24) is 0 Å². The summed E-state index contributed by atoms with van der Waals surface area (Å²) in [6.45, 7) is 1.96. The number of aryl methyl sites for hydroxylation is 1. The fourth-order valence-electron chi connectivity index (χ4n) is 1.91. The Morgan fingerprint density at radius 1 is 1.14 bits per heavy atom. The summed E-state index contributed by atoms with van der Waals surface area (Å²) in [6, 6.07) is 11.5. The number of thioether (sulfide) groups is 1. The van der Waals surface area contributed by atoms with Crippen molar-refractivity contribution in [2.45, 2.75) is 23.7 Å². The first-order valence-corrected chi connectivity index (χ1v) is 7.24. The van der Waals surface area contributed by atoms with Crippen molar-refractivity contribution in [3.05, 3.63) is 64.7 Å². The number of carbonyl (C=O) groups excluding carboxylic acids is 1. The first kappa shape index (κ1) is 15.6. The number of hydrogen-bond acceptors (Lipinski definition) is 2. The molecule has 0 aliphatic rings. The van der Waals surface area contributed by atoms with Gasteiger partial charge in [-0.25, -0.2) is 0 Å². The second-order valence-electron chi connectivity index (χ2n) is 4.58. The zero-order valence-electron chi connectivity index (χ0n) is 11.3. The third-order valence-electron chi connectivity index (χ3n) is 3.11. The van der Waals surface area contributed by atoms with Crippen molar-refractivity contribution in [1.29, 1.82) is 0 Å². The van der Waals surface area contributed by atoms with Crippen molar-refractivity contribution >= 4 is 18.0 Å². The third kappa shape index (κ3) is 3.88. The van der Waals surface area contributed by atoms with E-state index in [0.29, 0.717) is 10.6 Å². The zero-order valence-corrected chi connectivity index (χ0v) is 12.1. The predicted octanol–water partition coefficient (Wildman–Crippen LogP) is 5.12. The van der Waals surface area contributed by atoms with Gasteiger partial charge in [0, 0.05) is 16.2 Å². The molecule has 0 unspecified atom stereocenters. The average molecular weight is 310 g/mol. The van der Waals surface area contributed by atoms with Crippen LogP contribution in [0.4, 0.5) is 13.2 Å². The first-order valence-electron chi connectivity index (χ1n) is 6.25. The molecule has 1 nitrogen and oxygen atoms in total. The monoisotopic (exact) mass is 310 g/mol.